The molecule has 0 N–H and O–H groups in total. The third kappa shape index (κ3) is 4.28. The number of benzene rings is 2. The lowest BCUT2D eigenvalue weighted by atomic mass is 10.1. The monoisotopic (exact) mass is 420 g/mol. The van der Waals surface area contributed by atoms with Crippen LogP contribution in [-0.4, -0.2) is 23.4 Å². The Labute approximate surface area is 180 Å². The van der Waals surface area contributed by atoms with E-state index in [4.69, 9.17) is 4.74 Å². The molecule has 3 aromatic rings. The van der Waals surface area contributed by atoms with Crippen molar-refractivity contribution in [2.75, 3.05) is 11.4 Å². The van der Waals surface area contributed by atoms with E-state index < -0.39 is 5.92 Å². The summed E-state index contributed by atoms with van der Waals surface area (Å²) in [6.07, 6.45) is 1.02. The maximum atomic E-state index is 12.6. The number of thiazole rings is 1. The topological polar surface area (TPSA) is 59.5 Å². The van der Waals surface area contributed by atoms with Crippen LogP contribution in [0.25, 0.3) is 10.6 Å². The predicted molar refractivity (Wildman–Crippen MR) is 118 cm³/mol. The van der Waals surface area contributed by atoms with E-state index in [0.29, 0.717) is 6.54 Å². The van der Waals surface area contributed by atoms with Crippen molar-refractivity contribution in [3.05, 3.63) is 70.7 Å². The molecule has 1 aromatic heterocycles. The van der Waals surface area contributed by atoms with Crippen LogP contribution in [0.2, 0.25) is 0 Å². The molecule has 2 heterocycles. The van der Waals surface area contributed by atoms with Crippen LogP contribution in [0.1, 0.15) is 30.2 Å². The Bertz CT molecular complexity index is 1060. The van der Waals surface area contributed by atoms with Gasteiger partial charge in [0.15, 0.2) is 0 Å². The first-order valence-corrected chi connectivity index (χ1v) is 11.0. The highest BCUT2D eigenvalue weighted by molar-refractivity contribution is 7.13. The quantitative estimate of drug-likeness (QED) is 0.539. The van der Waals surface area contributed by atoms with Gasteiger partial charge in [0.05, 0.1) is 11.6 Å². The molecule has 1 aliphatic rings. The van der Waals surface area contributed by atoms with Crippen molar-refractivity contribution >= 4 is 28.9 Å². The van der Waals surface area contributed by atoms with Gasteiger partial charge < -0.3 is 9.64 Å². The molecule has 0 saturated carbocycles. The second-order valence-electron chi connectivity index (χ2n) is 7.51. The number of amides is 1. The van der Waals surface area contributed by atoms with Crippen molar-refractivity contribution < 1.29 is 14.3 Å². The number of para-hydroxylation sites is 1. The first-order chi connectivity index (χ1) is 14.5. The van der Waals surface area contributed by atoms with Crippen LogP contribution >= 0.6 is 11.3 Å². The number of anilines is 1. The van der Waals surface area contributed by atoms with Crippen LogP contribution in [0.3, 0.4) is 0 Å². The van der Waals surface area contributed by atoms with E-state index >= 15 is 0 Å². The third-order valence-electron chi connectivity index (χ3n) is 5.33. The van der Waals surface area contributed by atoms with E-state index in [2.05, 4.69) is 24.0 Å². The van der Waals surface area contributed by atoms with E-state index in [1.165, 1.54) is 16.9 Å². The molecule has 1 amide bonds. The fourth-order valence-corrected chi connectivity index (χ4v) is 4.45. The molecule has 0 aliphatic carbocycles. The van der Waals surface area contributed by atoms with Gasteiger partial charge in [-0.3, -0.25) is 9.59 Å². The number of hydrogen-bond donors (Lipinski definition) is 0. The number of esters is 1. The standard InChI is InChI=1S/C24H24N2O3S/c1-3-17-6-4-5-7-21(17)26-13-19(12-22(26)27)24(28)29-14-20-15-30-23(25-20)18-10-8-16(2)9-11-18/h4-11,15,19H,3,12-14H2,1-2H3/t19-/m1/s1. The minimum Gasteiger partial charge on any atom is -0.459 e. The second kappa shape index (κ2) is 8.79. The van der Waals surface area contributed by atoms with Gasteiger partial charge in [-0.1, -0.05) is 55.0 Å². The van der Waals surface area contributed by atoms with Gasteiger partial charge in [-0.05, 0) is 25.0 Å². The number of ether oxygens (including phenoxy) is 1. The number of nitrogens with zero attached hydrogens (tertiary/aromatic N) is 2. The summed E-state index contributed by atoms with van der Waals surface area (Å²) in [5.74, 6) is -0.824. The first-order valence-electron chi connectivity index (χ1n) is 10.1. The van der Waals surface area contributed by atoms with Gasteiger partial charge in [0.25, 0.3) is 0 Å². The molecule has 4 rings (SSSR count). The number of aromatic nitrogens is 1. The Kier molecular flexibility index (Phi) is 5.95. The average molecular weight is 421 g/mol. The van der Waals surface area contributed by atoms with Crippen molar-refractivity contribution in [1.29, 1.82) is 0 Å². The molecule has 0 radical (unpaired) electrons. The molecule has 0 spiro atoms. The summed E-state index contributed by atoms with van der Waals surface area (Å²) in [5.41, 5.74) is 4.97. The number of carbonyl (C=O) groups is 2. The Morgan fingerprint density at radius 3 is 2.73 bits per heavy atom. The highest BCUT2D eigenvalue weighted by atomic mass is 32.1. The average Bonchev–Trinajstić information content (AvgIpc) is 3.39. The maximum Gasteiger partial charge on any atom is 0.311 e. The van der Waals surface area contributed by atoms with Crippen LogP contribution < -0.4 is 4.90 Å². The van der Waals surface area contributed by atoms with Crippen molar-refractivity contribution in [3.63, 3.8) is 0 Å². The molecule has 2 aromatic carbocycles. The summed E-state index contributed by atoms with van der Waals surface area (Å²) in [4.78, 5) is 31.4. The molecule has 0 unspecified atom stereocenters. The largest absolute Gasteiger partial charge is 0.459 e. The van der Waals surface area contributed by atoms with Gasteiger partial charge in [0, 0.05) is 29.6 Å². The maximum absolute atomic E-state index is 12.6. The Hall–Kier alpha value is -2.99. The smallest absolute Gasteiger partial charge is 0.311 e. The molecule has 1 fully saturated rings. The summed E-state index contributed by atoms with van der Waals surface area (Å²) in [5, 5.41) is 2.81. The third-order valence-corrected chi connectivity index (χ3v) is 6.27. The van der Waals surface area contributed by atoms with Gasteiger partial charge in [0.2, 0.25) is 5.91 Å². The second-order valence-corrected chi connectivity index (χ2v) is 8.36. The van der Waals surface area contributed by atoms with Crippen molar-refractivity contribution in [2.45, 2.75) is 33.3 Å². The van der Waals surface area contributed by atoms with E-state index in [9.17, 15) is 9.59 Å². The fraction of sp³-hybridized carbons (Fsp3) is 0.292. The van der Waals surface area contributed by atoms with Crippen molar-refractivity contribution in [1.82, 2.24) is 4.98 Å². The predicted octanol–water partition coefficient (Wildman–Crippen LogP) is 4.78. The molecule has 0 bridgehead atoms. The van der Waals surface area contributed by atoms with E-state index in [1.54, 1.807) is 4.90 Å². The fourth-order valence-electron chi connectivity index (χ4n) is 3.64. The molecule has 5 nitrogen and oxygen atoms in total. The lowest BCUT2D eigenvalue weighted by molar-refractivity contribution is -0.149. The molecule has 6 heteroatoms. The van der Waals surface area contributed by atoms with Crippen molar-refractivity contribution in [2.24, 2.45) is 5.92 Å². The number of carbonyl (C=O) groups excluding carboxylic acids is 2. The lowest BCUT2D eigenvalue weighted by Crippen LogP contribution is -2.27. The Balaban J connectivity index is 1.37. The summed E-state index contributed by atoms with van der Waals surface area (Å²) < 4.78 is 5.50. The summed E-state index contributed by atoms with van der Waals surface area (Å²) >= 11 is 1.53. The number of hydrogen-bond acceptors (Lipinski definition) is 5. The Morgan fingerprint density at radius 1 is 1.20 bits per heavy atom. The summed E-state index contributed by atoms with van der Waals surface area (Å²) in [6.45, 7) is 4.59. The van der Waals surface area contributed by atoms with Crippen LogP contribution in [0.5, 0.6) is 0 Å². The highest BCUT2D eigenvalue weighted by Gasteiger charge is 2.36. The summed E-state index contributed by atoms with van der Waals surface area (Å²) in [6, 6.07) is 16.0. The zero-order valence-electron chi connectivity index (χ0n) is 17.1. The van der Waals surface area contributed by atoms with Gasteiger partial charge in [-0.2, -0.15) is 0 Å². The van der Waals surface area contributed by atoms with Gasteiger partial charge in [-0.15, -0.1) is 11.3 Å². The van der Waals surface area contributed by atoms with Crippen molar-refractivity contribution in [3.8, 4) is 10.6 Å². The molecule has 1 atom stereocenters. The number of rotatable bonds is 6. The van der Waals surface area contributed by atoms with Crippen LogP contribution in [-0.2, 0) is 27.4 Å². The minimum absolute atomic E-state index is 0.0341. The first kappa shape index (κ1) is 20.3. The molecule has 1 aliphatic heterocycles. The zero-order valence-corrected chi connectivity index (χ0v) is 17.9. The van der Waals surface area contributed by atoms with Gasteiger partial charge in [-0.25, -0.2) is 4.98 Å². The van der Waals surface area contributed by atoms with Gasteiger partial charge in [0.1, 0.15) is 11.6 Å². The SMILES string of the molecule is CCc1ccccc1N1C[C@H](C(=O)OCc2csc(-c3ccc(C)cc3)n2)CC1=O. The molecular weight excluding hydrogens is 396 g/mol. The molecule has 30 heavy (non-hydrogen) atoms. The molecule has 1 saturated heterocycles. The van der Waals surface area contributed by atoms with Gasteiger partial charge >= 0.3 is 5.97 Å². The van der Waals surface area contributed by atoms with Crippen LogP contribution in [0.4, 0.5) is 5.69 Å². The zero-order chi connectivity index (χ0) is 21.1. The number of aryl methyl sites for hydroxylation is 2. The summed E-state index contributed by atoms with van der Waals surface area (Å²) in [7, 11) is 0. The van der Waals surface area contributed by atoms with E-state index in [0.717, 1.165) is 33.9 Å². The highest BCUT2D eigenvalue weighted by Crippen LogP contribution is 2.29. The molecular formula is C24H24N2O3S. The normalized spacial score (nSPS) is 16.1. The Morgan fingerprint density at radius 2 is 1.97 bits per heavy atom. The van der Waals surface area contributed by atoms with Crippen LogP contribution in [0, 0.1) is 12.8 Å². The van der Waals surface area contributed by atoms with E-state index in [1.807, 2.05) is 48.7 Å². The lowest BCUT2D eigenvalue weighted by Gasteiger charge is -2.19. The van der Waals surface area contributed by atoms with Crippen LogP contribution in [0.15, 0.2) is 53.9 Å². The molecule has 154 valence electrons. The van der Waals surface area contributed by atoms with E-state index in [-0.39, 0.29) is 24.9 Å². The minimum atomic E-state index is -0.447.